The molecule has 144 valence electrons. The van der Waals surface area contributed by atoms with Gasteiger partial charge in [-0.3, -0.25) is 9.89 Å². The SMILES string of the molecule is Cc1cc(C[C@@H]2CN(C(=O)c3cnc(N4CCOCC4)nc3)C[C@H]2O)n[nH]1. The normalized spacial score (nSPS) is 23.0. The average molecular weight is 372 g/mol. The van der Waals surface area contributed by atoms with E-state index in [1.165, 1.54) is 0 Å². The van der Waals surface area contributed by atoms with Gasteiger partial charge < -0.3 is 19.6 Å². The molecule has 0 spiro atoms. The molecule has 1 amide bonds. The smallest absolute Gasteiger partial charge is 0.257 e. The van der Waals surface area contributed by atoms with Crippen molar-refractivity contribution in [2.75, 3.05) is 44.3 Å². The third-order valence-corrected chi connectivity index (χ3v) is 5.10. The lowest BCUT2D eigenvalue weighted by Gasteiger charge is -2.26. The lowest BCUT2D eigenvalue weighted by atomic mass is 10.0. The van der Waals surface area contributed by atoms with E-state index in [0.29, 0.717) is 44.2 Å². The van der Waals surface area contributed by atoms with Crippen LogP contribution in [-0.2, 0) is 11.2 Å². The van der Waals surface area contributed by atoms with Crippen LogP contribution in [0.4, 0.5) is 5.95 Å². The van der Waals surface area contributed by atoms with E-state index in [1.807, 2.05) is 17.9 Å². The molecule has 2 N–H and O–H groups in total. The molecule has 4 rings (SSSR count). The fraction of sp³-hybridized carbons (Fsp3) is 0.556. The van der Waals surface area contributed by atoms with Gasteiger partial charge in [0, 0.05) is 50.2 Å². The van der Waals surface area contributed by atoms with Crippen LogP contribution in [0.15, 0.2) is 18.5 Å². The number of aromatic amines is 1. The van der Waals surface area contributed by atoms with Crippen molar-refractivity contribution in [3.8, 4) is 0 Å². The largest absolute Gasteiger partial charge is 0.391 e. The fourth-order valence-electron chi connectivity index (χ4n) is 3.61. The Labute approximate surface area is 157 Å². The van der Waals surface area contributed by atoms with Gasteiger partial charge in [0.2, 0.25) is 5.95 Å². The van der Waals surface area contributed by atoms with Crippen LogP contribution >= 0.6 is 0 Å². The molecule has 2 atom stereocenters. The number of anilines is 1. The predicted molar refractivity (Wildman–Crippen MR) is 97.5 cm³/mol. The second kappa shape index (κ2) is 7.61. The zero-order valence-electron chi connectivity index (χ0n) is 15.3. The molecule has 2 aromatic heterocycles. The summed E-state index contributed by atoms with van der Waals surface area (Å²) in [4.78, 5) is 25.1. The van der Waals surface area contributed by atoms with E-state index in [9.17, 15) is 9.90 Å². The molecular weight excluding hydrogens is 348 g/mol. The number of hydrogen-bond donors (Lipinski definition) is 2. The van der Waals surface area contributed by atoms with Crippen LogP contribution in [0.1, 0.15) is 21.7 Å². The molecular formula is C18H24N6O3. The van der Waals surface area contributed by atoms with Crippen LogP contribution in [-0.4, -0.2) is 81.6 Å². The minimum Gasteiger partial charge on any atom is -0.391 e. The second-order valence-corrected chi connectivity index (χ2v) is 7.16. The van der Waals surface area contributed by atoms with Crippen molar-refractivity contribution in [2.45, 2.75) is 19.4 Å². The molecule has 2 saturated heterocycles. The zero-order chi connectivity index (χ0) is 18.8. The van der Waals surface area contributed by atoms with Gasteiger partial charge in [0.1, 0.15) is 0 Å². The molecule has 9 heteroatoms. The van der Waals surface area contributed by atoms with Gasteiger partial charge in [0.05, 0.1) is 30.6 Å². The summed E-state index contributed by atoms with van der Waals surface area (Å²) in [6.45, 7) is 5.58. The van der Waals surface area contributed by atoms with E-state index in [-0.39, 0.29) is 11.8 Å². The van der Waals surface area contributed by atoms with Crippen molar-refractivity contribution in [1.29, 1.82) is 0 Å². The average Bonchev–Trinajstić information content (AvgIpc) is 3.28. The predicted octanol–water partition coefficient (Wildman–Crippen LogP) is 0.0203. The first-order valence-corrected chi connectivity index (χ1v) is 9.23. The maximum absolute atomic E-state index is 12.8. The molecule has 2 aliphatic rings. The van der Waals surface area contributed by atoms with Crippen molar-refractivity contribution < 1.29 is 14.6 Å². The van der Waals surface area contributed by atoms with Crippen LogP contribution in [0, 0.1) is 12.8 Å². The van der Waals surface area contributed by atoms with E-state index < -0.39 is 6.10 Å². The van der Waals surface area contributed by atoms with Crippen molar-refractivity contribution in [3.63, 3.8) is 0 Å². The summed E-state index contributed by atoms with van der Waals surface area (Å²) >= 11 is 0. The van der Waals surface area contributed by atoms with Gasteiger partial charge >= 0.3 is 0 Å². The number of aliphatic hydroxyl groups excluding tert-OH is 1. The first-order valence-electron chi connectivity index (χ1n) is 9.23. The number of aromatic nitrogens is 4. The number of amides is 1. The third-order valence-electron chi connectivity index (χ3n) is 5.10. The summed E-state index contributed by atoms with van der Waals surface area (Å²) in [5, 5.41) is 17.5. The molecule has 2 aliphatic heterocycles. The second-order valence-electron chi connectivity index (χ2n) is 7.16. The molecule has 0 aromatic carbocycles. The number of hydrogen-bond acceptors (Lipinski definition) is 7. The standard InChI is InChI=1S/C18H24N6O3/c1-12-6-15(22-21-12)7-13-10-24(11-16(13)25)17(26)14-8-19-18(20-9-14)23-2-4-27-5-3-23/h6,8-9,13,16,25H,2-5,7,10-11H2,1H3,(H,21,22)/t13-,16-/m1/s1. The number of H-pyrrole nitrogens is 1. The van der Waals surface area contributed by atoms with E-state index in [2.05, 4.69) is 20.2 Å². The maximum Gasteiger partial charge on any atom is 0.257 e. The van der Waals surface area contributed by atoms with Crippen molar-refractivity contribution in [3.05, 3.63) is 35.4 Å². The Bertz CT molecular complexity index is 787. The first kappa shape index (κ1) is 17.9. The van der Waals surface area contributed by atoms with Crippen molar-refractivity contribution in [2.24, 2.45) is 5.92 Å². The molecule has 0 saturated carbocycles. The number of morpholine rings is 1. The highest BCUT2D eigenvalue weighted by atomic mass is 16.5. The van der Waals surface area contributed by atoms with Gasteiger partial charge in [0.15, 0.2) is 0 Å². The van der Waals surface area contributed by atoms with Crippen molar-refractivity contribution >= 4 is 11.9 Å². The van der Waals surface area contributed by atoms with Gasteiger partial charge in [-0.1, -0.05) is 0 Å². The van der Waals surface area contributed by atoms with E-state index in [1.54, 1.807) is 17.3 Å². The van der Waals surface area contributed by atoms with Gasteiger partial charge in [0.25, 0.3) is 5.91 Å². The van der Waals surface area contributed by atoms with Crippen molar-refractivity contribution in [1.82, 2.24) is 25.1 Å². The fourth-order valence-corrected chi connectivity index (χ4v) is 3.61. The first-order chi connectivity index (χ1) is 13.1. The van der Waals surface area contributed by atoms with Crippen LogP contribution < -0.4 is 4.90 Å². The number of nitrogens with one attached hydrogen (secondary N) is 1. The number of likely N-dealkylation sites (tertiary alicyclic amines) is 1. The molecule has 0 radical (unpaired) electrons. The number of β-amino-alcohol motifs (C(OH)–C–C–N with tert-alkyl or cyclic N) is 1. The minimum absolute atomic E-state index is 0.0230. The molecule has 0 bridgehead atoms. The summed E-state index contributed by atoms with van der Waals surface area (Å²) in [6.07, 6.45) is 3.22. The lowest BCUT2D eigenvalue weighted by molar-refractivity contribution is 0.0763. The summed E-state index contributed by atoms with van der Waals surface area (Å²) in [5.74, 6) is 0.441. The number of ether oxygens (including phenoxy) is 1. The summed E-state index contributed by atoms with van der Waals surface area (Å²) in [5.41, 5.74) is 2.34. The van der Waals surface area contributed by atoms with Gasteiger partial charge in [-0.25, -0.2) is 9.97 Å². The number of carbonyl (C=O) groups excluding carboxylic acids is 1. The Morgan fingerprint density at radius 2 is 2.04 bits per heavy atom. The van der Waals surface area contributed by atoms with Crippen LogP contribution in [0.3, 0.4) is 0 Å². The summed E-state index contributed by atoms with van der Waals surface area (Å²) in [6, 6.07) is 1.97. The topological polar surface area (TPSA) is 107 Å². The molecule has 2 aromatic rings. The van der Waals surface area contributed by atoms with Gasteiger partial charge in [-0.05, 0) is 19.4 Å². The third kappa shape index (κ3) is 3.93. The zero-order valence-corrected chi connectivity index (χ0v) is 15.3. The van der Waals surface area contributed by atoms with E-state index >= 15 is 0 Å². The number of nitrogens with zero attached hydrogens (tertiary/aromatic N) is 5. The van der Waals surface area contributed by atoms with Gasteiger partial charge in [-0.2, -0.15) is 5.10 Å². The highest BCUT2D eigenvalue weighted by molar-refractivity contribution is 5.94. The van der Waals surface area contributed by atoms with E-state index in [0.717, 1.165) is 24.5 Å². The maximum atomic E-state index is 12.8. The molecule has 27 heavy (non-hydrogen) atoms. The highest BCUT2D eigenvalue weighted by Crippen LogP contribution is 2.23. The van der Waals surface area contributed by atoms with Crippen LogP contribution in [0.25, 0.3) is 0 Å². The quantitative estimate of drug-likeness (QED) is 0.779. The highest BCUT2D eigenvalue weighted by Gasteiger charge is 2.35. The van der Waals surface area contributed by atoms with E-state index in [4.69, 9.17) is 4.74 Å². The Morgan fingerprint density at radius 1 is 1.30 bits per heavy atom. The Morgan fingerprint density at radius 3 is 2.70 bits per heavy atom. The Balaban J connectivity index is 1.39. The molecule has 2 fully saturated rings. The Kier molecular flexibility index (Phi) is 5.04. The monoisotopic (exact) mass is 372 g/mol. The molecule has 0 unspecified atom stereocenters. The number of rotatable bonds is 4. The Hall–Kier alpha value is -2.52. The molecule has 4 heterocycles. The number of aliphatic hydroxyl groups is 1. The number of aryl methyl sites for hydroxylation is 1. The molecule has 9 nitrogen and oxygen atoms in total. The summed E-state index contributed by atoms with van der Waals surface area (Å²) < 4.78 is 5.33. The number of carbonyl (C=O) groups is 1. The van der Waals surface area contributed by atoms with Crippen LogP contribution in [0.5, 0.6) is 0 Å². The summed E-state index contributed by atoms with van der Waals surface area (Å²) in [7, 11) is 0. The minimum atomic E-state index is -0.556. The van der Waals surface area contributed by atoms with Gasteiger partial charge in [-0.15, -0.1) is 0 Å². The molecule has 0 aliphatic carbocycles. The lowest BCUT2D eigenvalue weighted by Crippen LogP contribution is -2.37. The van der Waals surface area contributed by atoms with Crippen LogP contribution in [0.2, 0.25) is 0 Å².